The van der Waals surface area contributed by atoms with E-state index in [4.69, 9.17) is 18.0 Å². The molecule has 0 aromatic heterocycles. The first-order chi connectivity index (χ1) is 9.66. The maximum atomic E-state index is 12.9. The molecule has 0 radical (unpaired) electrons. The van der Waals surface area contributed by atoms with Crippen molar-refractivity contribution in [3.8, 4) is 0 Å². The molecule has 0 fully saturated rings. The van der Waals surface area contributed by atoms with E-state index in [2.05, 4.69) is 0 Å². The maximum absolute atomic E-state index is 12.9. The van der Waals surface area contributed by atoms with E-state index in [9.17, 15) is 8.42 Å². The molecule has 1 aromatic carbocycles. The van der Waals surface area contributed by atoms with Gasteiger partial charge in [0.2, 0.25) is 10.0 Å². The minimum atomic E-state index is -3.60. The first-order valence-corrected chi connectivity index (χ1v) is 8.90. The van der Waals surface area contributed by atoms with Crippen LogP contribution in [0.4, 0.5) is 0 Å². The third-order valence-electron chi connectivity index (χ3n) is 2.91. The number of benzene rings is 1. The van der Waals surface area contributed by atoms with Crippen molar-refractivity contribution < 1.29 is 8.42 Å². The third-order valence-corrected chi connectivity index (χ3v) is 5.02. The SMILES string of the molecule is CC(C)CN(CC(C)C)S(=O)(=O)c1ccccc1C(N)=S. The van der Waals surface area contributed by atoms with Gasteiger partial charge in [0.1, 0.15) is 4.99 Å². The van der Waals surface area contributed by atoms with Crippen molar-refractivity contribution in [1.29, 1.82) is 0 Å². The summed E-state index contributed by atoms with van der Waals surface area (Å²) in [7, 11) is -3.60. The van der Waals surface area contributed by atoms with Gasteiger partial charge >= 0.3 is 0 Å². The van der Waals surface area contributed by atoms with Gasteiger partial charge in [-0.3, -0.25) is 0 Å². The highest BCUT2D eigenvalue weighted by molar-refractivity contribution is 7.89. The molecule has 0 aliphatic rings. The third kappa shape index (κ3) is 4.76. The summed E-state index contributed by atoms with van der Waals surface area (Å²) in [4.78, 5) is 0.294. The van der Waals surface area contributed by atoms with Crippen LogP contribution in [0, 0.1) is 11.8 Å². The van der Waals surface area contributed by atoms with Gasteiger partial charge < -0.3 is 5.73 Å². The van der Waals surface area contributed by atoms with Crippen LogP contribution in [0.3, 0.4) is 0 Å². The lowest BCUT2D eigenvalue weighted by molar-refractivity contribution is 0.333. The quantitative estimate of drug-likeness (QED) is 0.782. The monoisotopic (exact) mass is 328 g/mol. The van der Waals surface area contributed by atoms with Crippen molar-refractivity contribution in [3.05, 3.63) is 29.8 Å². The molecule has 6 heteroatoms. The molecule has 118 valence electrons. The zero-order valence-corrected chi connectivity index (χ0v) is 14.7. The molecule has 0 saturated carbocycles. The minimum Gasteiger partial charge on any atom is -0.389 e. The van der Waals surface area contributed by atoms with Crippen LogP contribution in [0.25, 0.3) is 0 Å². The Bertz CT molecular complexity index is 585. The molecule has 0 bridgehead atoms. The standard InChI is InChI=1S/C15H24N2O2S2/c1-11(2)9-17(10-12(3)4)21(18,19)14-8-6-5-7-13(14)15(16)20/h5-8,11-12H,9-10H2,1-4H3,(H2,16,20). The fraction of sp³-hybridized carbons (Fsp3) is 0.533. The fourth-order valence-electron chi connectivity index (χ4n) is 2.12. The first-order valence-electron chi connectivity index (χ1n) is 7.05. The Morgan fingerprint density at radius 3 is 2.05 bits per heavy atom. The van der Waals surface area contributed by atoms with Crippen LogP contribution in [-0.4, -0.2) is 30.8 Å². The molecule has 0 aliphatic heterocycles. The summed E-state index contributed by atoms with van der Waals surface area (Å²) < 4.78 is 27.4. The number of hydrogen-bond acceptors (Lipinski definition) is 3. The highest BCUT2D eigenvalue weighted by Crippen LogP contribution is 2.22. The Balaban J connectivity index is 3.32. The minimum absolute atomic E-state index is 0.100. The Labute approximate surface area is 133 Å². The number of rotatable bonds is 7. The van der Waals surface area contributed by atoms with Crippen molar-refractivity contribution >= 4 is 27.2 Å². The van der Waals surface area contributed by atoms with Gasteiger partial charge in [-0.2, -0.15) is 4.31 Å². The Kier molecular flexibility index (Phi) is 6.31. The van der Waals surface area contributed by atoms with E-state index in [1.54, 1.807) is 24.3 Å². The van der Waals surface area contributed by atoms with Crippen molar-refractivity contribution in [2.75, 3.05) is 13.1 Å². The van der Waals surface area contributed by atoms with E-state index in [1.807, 2.05) is 27.7 Å². The van der Waals surface area contributed by atoms with Crippen molar-refractivity contribution in [2.24, 2.45) is 17.6 Å². The second-order valence-corrected chi connectivity index (χ2v) is 8.32. The van der Waals surface area contributed by atoms with Gasteiger partial charge in [0, 0.05) is 18.7 Å². The lowest BCUT2D eigenvalue weighted by Gasteiger charge is -2.26. The second kappa shape index (κ2) is 7.33. The molecule has 2 N–H and O–H groups in total. The maximum Gasteiger partial charge on any atom is 0.243 e. The zero-order valence-electron chi connectivity index (χ0n) is 13.0. The second-order valence-electron chi connectivity index (χ2n) is 5.97. The summed E-state index contributed by atoms with van der Waals surface area (Å²) in [6.45, 7) is 8.97. The van der Waals surface area contributed by atoms with Crippen molar-refractivity contribution in [1.82, 2.24) is 4.31 Å². The summed E-state index contributed by atoms with van der Waals surface area (Å²) in [6, 6.07) is 6.65. The number of hydrogen-bond donors (Lipinski definition) is 1. The molecule has 0 amide bonds. The smallest absolute Gasteiger partial charge is 0.243 e. The number of thiocarbonyl (C=S) groups is 1. The van der Waals surface area contributed by atoms with Gasteiger partial charge in [-0.05, 0) is 17.9 Å². The van der Waals surface area contributed by atoms with Crippen LogP contribution in [0.5, 0.6) is 0 Å². The van der Waals surface area contributed by atoms with E-state index < -0.39 is 10.0 Å². The largest absolute Gasteiger partial charge is 0.389 e. The number of nitrogens with two attached hydrogens (primary N) is 1. The molecule has 0 spiro atoms. The topological polar surface area (TPSA) is 63.4 Å². The predicted octanol–water partition coefficient (Wildman–Crippen LogP) is 2.62. The molecule has 0 saturated heterocycles. The Hall–Kier alpha value is -0.980. The molecular formula is C15H24N2O2S2. The normalized spacial score (nSPS) is 12.3. The van der Waals surface area contributed by atoms with Crippen molar-refractivity contribution in [3.63, 3.8) is 0 Å². The molecular weight excluding hydrogens is 304 g/mol. The van der Waals surface area contributed by atoms with E-state index in [-0.39, 0.29) is 21.7 Å². The molecule has 0 heterocycles. The molecule has 0 aliphatic carbocycles. The molecule has 0 unspecified atom stereocenters. The molecule has 1 aromatic rings. The summed E-state index contributed by atoms with van der Waals surface area (Å²) in [5.74, 6) is 0.492. The Morgan fingerprint density at radius 2 is 1.62 bits per heavy atom. The average Bonchev–Trinajstić information content (AvgIpc) is 2.36. The predicted molar refractivity (Wildman–Crippen MR) is 90.8 cm³/mol. The molecule has 1 rings (SSSR count). The summed E-state index contributed by atoms with van der Waals surface area (Å²) >= 11 is 4.98. The van der Waals surface area contributed by atoms with Gasteiger partial charge in [0.05, 0.1) is 4.90 Å². The first kappa shape index (κ1) is 18.1. The summed E-state index contributed by atoms with van der Waals surface area (Å²) in [5.41, 5.74) is 6.07. The van der Waals surface area contributed by atoms with Crippen LogP contribution in [0.15, 0.2) is 29.2 Å². The fourth-order valence-corrected chi connectivity index (χ4v) is 4.34. The van der Waals surface area contributed by atoms with Crippen LogP contribution < -0.4 is 5.73 Å². The van der Waals surface area contributed by atoms with E-state index in [0.717, 1.165) is 0 Å². The van der Waals surface area contributed by atoms with E-state index in [0.29, 0.717) is 18.7 Å². The van der Waals surface area contributed by atoms with Gasteiger partial charge in [0.25, 0.3) is 0 Å². The Morgan fingerprint density at radius 1 is 1.14 bits per heavy atom. The highest BCUT2D eigenvalue weighted by atomic mass is 32.2. The van der Waals surface area contributed by atoms with Crippen LogP contribution >= 0.6 is 12.2 Å². The van der Waals surface area contributed by atoms with E-state index in [1.165, 1.54) is 4.31 Å². The lowest BCUT2D eigenvalue weighted by atomic mass is 10.2. The van der Waals surface area contributed by atoms with Gasteiger partial charge in [-0.15, -0.1) is 0 Å². The molecule has 0 atom stereocenters. The number of nitrogens with zero attached hydrogens (tertiary/aromatic N) is 1. The summed E-state index contributed by atoms with van der Waals surface area (Å²) in [6.07, 6.45) is 0. The summed E-state index contributed by atoms with van der Waals surface area (Å²) in [5, 5.41) is 0. The van der Waals surface area contributed by atoms with Gasteiger partial charge in [-0.1, -0.05) is 58.1 Å². The van der Waals surface area contributed by atoms with Crippen molar-refractivity contribution in [2.45, 2.75) is 32.6 Å². The van der Waals surface area contributed by atoms with Gasteiger partial charge in [0.15, 0.2) is 0 Å². The number of sulfonamides is 1. The van der Waals surface area contributed by atoms with Gasteiger partial charge in [-0.25, -0.2) is 8.42 Å². The zero-order chi connectivity index (χ0) is 16.2. The van der Waals surface area contributed by atoms with Crippen LogP contribution in [0.1, 0.15) is 33.3 Å². The van der Waals surface area contributed by atoms with Crippen LogP contribution in [0.2, 0.25) is 0 Å². The highest BCUT2D eigenvalue weighted by Gasteiger charge is 2.28. The molecule has 4 nitrogen and oxygen atoms in total. The van der Waals surface area contributed by atoms with Crippen LogP contribution in [-0.2, 0) is 10.0 Å². The molecule has 21 heavy (non-hydrogen) atoms. The van der Waals surface area contributed by atoms with E-state index >= 15 is 0 Å². The average molecular weight is 329 g/mol. The lowest BCUT2D eigenvalue weighted by Crippen LogP contribution is -2.37.